The van der Waals surface area contributed by atoms with E-state index in [1.54, 1.807) is 82.3 Å². The number of aromatic nitrogens is 12. The van der Waals surface area contributed by atoms with E-state index in [1.807, 2.05) is 78.0 Å². The van der Waals surface area contributed by atoms with Crippen LogP contribution in [0.25, 0.3) is 55.7 Å². The summed E-state index contributed by atoms with van der Waals surface area (Å²) in [5.74, 6) is -0.869. The Kier molecular flexibility index (Phi) is 15.1. The van der Waals surface area contributed by atoms with Gasteiger partial charge in [0.05, 0.1) is 66.5 Å². The van der Waals surface area contributed by atoms with Crippen LogP contribution in [0.5, 0.6) is 11.5 Å². The summed E-state index contributed by atoms with van der Waals surface area (Å²) >= 11 is 0. The lowest BCUT2D eigenvalue weighted by Crippen LogP contribution is -2.50. The number of ether oxygens (including phenoxy) is 2. The fourth-order valence-electron chi connectivity index (χ4n) is 10.9. The topological polar surface area (TPSA) is 227 Å². The number of carbonyl (C=O) groups is 2. The smallest absolute Gasteiger partial charge is 0.320 e. The number of halogens is 2. The standard InChI is InChI=1S/C30H31FN8O2.C28H26FN7O3/c1-37(2)30(40)27-10-7-20(16-38(27)17-23-24(31)5-4-6-28(23)41-3)26-18-39(36-34-26)21-8-9-25-22(15-21)29(35-33-25)19-11-13-32-14-12-19;1-39-26-4-2-3-22(29)21(26)15-35-14-18(5-8-25(35)28(37)38)24-16-36(34-32-24)19-6-7-23-20(13-19)27(33-31-23)17-9-11-30-12-10-17/h4-6,8-9,11-15,18,20,27H,7,10,16-17H2,1-3H3,(H,33,35);2-4,6-7,9-13,16,18,25H,5,8,14-15H2,1H3,(H,31,33)(H,37,38)/t20-,27+;18-,25+/m11/s1. The minimum atomic E-state index is -0.925. The summed E-state index contributed by atoms with van der Waals surface area (Å²) in [5.41, 5.74) is 9.45. The van der Waals surface area contributed by atoms with Crippen molar-refractivity contribution >= 4 is 33.7 Å². The van der Waals surface area contributed by atoms with Crippen LogP contribution in [0, 0.1) is 11.6 Å². The number of hydrogen-bond acceptors (Lipinski definition) is 14. The van der Waals surface area contributed by atoms with Crippen molar-refractivity contribution in [1.82, 2.24) is 75.1 Å². The monoisotopic (exact) mass is 1080 g/mol. The van der Waals surface area contributed by atoms with E-state index in [-0.39, 0.29) is 42.7 Å². The molecule has 0 spiro atoms. The second kappa shape index (κ2) is 23.0. The van der Waals surface area contributed by atoms with Crippen LogP contribution in [0.15, 0.2) is 134 Å². The molecule has 0 bridgehead atoms. The van der Waals surface area contributed by atoms with Crippen LogP contribution in [0.2, 0.25) is 0 Å². The molecule has 3 N–H and O–H groups in total. The number of nitrogens with one attached hydrogen (secondary N) is 2. The number of aliphatic carboxylic acids is 1. The average Bonchev–Trinajstić information content (AvgIpc) is 4.34. The molecule has 20 nitrogen and oxygen atoms in total. The van der Waals surface area contributed by atoms with Crippen LogP contribution in [0.3, 0.4) is 0 Å². The van der Waals surface area contributed by atoms with Crippen molar-refractivity contribution in [3.8, 4) is 45.4 Å². The van der Waals surface area contributed by atoms with Crippen molar-refractivity contribution in [3.05, 3.63) is 168 Å². The first-order chi connectivity index (χ1) is 38.9. The van der Waals surface area contributed by atoms with E-state index in [4.69, 9.17) is 9.47 Å². The van der Waals surface area contributed by atoms with E-state index in [0.29, 0.717) is 55.0 Å². The van der Waals surface area contributed by atoms with Gasteiger partial charge in [0.15, 0.2) is 0 Å². The highest BCUT2D eigenvalue weighted by atomic mass is 19.1. The number of hydrogen-bond donors (Lipinski definition) is 3. The van der Waals surface area contributed by atoms with Gasteiger partial charge in [-0.05, 0) is 111 Å². The van der Waals surface area contributed by atoms with Crippen molar-refractivity contribution in [2.75, 3.05) is 41.4 Å². The molecule has 408 valence electrons. The first-order valence-electron chi connectivity index (χ1n) is 26.1. The zero-order chi connectivity index (χ0) is 55.4. The van der Waals surface area contributed by atoms with Crippen LogP contribution in [0.4, 0.5) is 8.78 Å². The second-order valence-electron chi connectivity index (χ2n) is 20.1. The van der Waals surface area contributed by atoms with E-state index < -0.39 is 17.8 Å². The lowest BCUT2D eigenvalue weighted by atomic mass is 9.89. The number of benzene rings is 4. The average molecular weight is 1080 g/mol. The summed E-state index contributed by atoms with van der Waals surface area (Å²) in [5, 5.41) is 44.7. The zero-order valence-electron chi connectivity index (χ0n) is 44.3. The molecule has 2 fully saturated rings. The third kappa shape index (κ3) is 10.8. The number of likely N-dealkylation sites (N-methyl/N-ethyl adjacent to an activating group) is 1. The number of H-pyrrole nitrogens is 2. The summed E-state index contributed by atoms with van der Waals surface area (Å²) in [7, 11) is 6.50. The van der Waals surface area contributed by atoms with E-state index in [0.717, 1.165) is 73.5 Å². The molecule has 6 aromatic heterocycles. The highest BCUT2D eigenvalue weighted by molar-refractivity contribution is 5.95. The van der Waals surface area contributed by atoms with Crippen LogP contribution in [-0.4, -0.2) is 146 Å². The number of likely N-dealkylation sites (tertiary alicyclic amines) is 2. The molecule has 8 heterocycles. The number of carbonyl (C=O) groups excluding carboxylic acids is 1. The van der Waals surface area contributed by atoms with Crippen molar-refractivity contribution in [2.24, 2.45) is 0 Å². The van der Waals surface area contributed by atoms with Gasteiger partial charge in [-0.25, -0.2) is 18.1 Å². The van der Waals surface area contributed by atoms with Crippen LogP contribution in [0.1, 0.15) is 60.0 Å². The second-order valence-corrected chi connectivity index (χ2v) is 20.1. The fourth-order valence-corrected chi connectivity index (χ4v) is 10.9. The first-order valence-corrected chi connectivity index (χ1v) is 26.1. The van der Waals surface area contributed by atoms with E-state index in [1.165, 1.54) is 26.4 Å². The van der Waals surface area contributed by atoms with Gasteiger partial charge in [-0.1, -0.05) is 22.6 Å². The van der Waals surface area contributed by atoms with Gasteiger partial charge in [0.2, 0.25) is 5.91 Å². The molecule has 22 heteroatoms. The molecule has 0 unspecified atom stereocenters. The summed E-state index contributed by atoms with van der Waals surface area (Å²) in [6, 6.07) is 27.9. The van der Waals surface area contributed by atoms with Gasteiger partial charge < -0.3 is 19.5 Å². The van der Waals surface area contributed by atoms with Crippen molar-refractivity contribution < 1.29 is 33.0 Å². The Hall–Kier alpha value is -9.28. The van der Waals surface area contributed by atoms with Crippen molar-refractivity contribution in [2.45, 2.75) is 62.7 Å². The Morgan fingerprint density at radius 2 is 1.07 bits per heavy atom. The summed E-state index contributed by atoms with van der Waals surface area (Å²) < 4.78 is 43.8. The molecule has 0 saturated carbocycles. The number of aromatic amines is 2. The molecule has 2 aliphatic rings. The molecule has 10 aromatic rings. The number of amides is 1. The Morgan fingerprint density at radius 3 is 1.51 bits per heavy atom. The van der Waals surface area contributed by atoms with Crippen LogP contribution in [-0.2, 0) is 22.7 Å². The van der Waals surface area contributed by atoms with Crippen molar-refractivity contribution in [3.63, 3.8) is 0 Å². The molecule has 4 atom stereocenters. The van der Waals surface area contributed by atoms with Gasteiger partial charge in [0.25, 0.3) is 0 Å². The molecule has 4 aromatic carbocycles. The number of piperidine rings is 2. The van der Waals surface area contributed by atoms with Gasteiger partial charge >= 0.3 is 5.97 Å². The number of carboxylic acid groups (broad SMARTS) is 1. The molecule has 12 rings (SSSR count). The minimum Gasteiger partial charge on any atom is -0.496 e. The Bertz CT molecular complexity index is 3810. The van der Waals surface area contributed by atoms with Crippen LogP contribution >= 0.6 is 0 Å². The Morgan fingerprint density at radius 1 is 0.625 bits per heavy atom. The van der Waals surface area contributed by atoms with Gasteiger partial charge in [0, 0.05) is 110 Å². The lowest BCUT2D eigenvalue weighted by molar-refractivity contribution is -0.145. The molecule has 0 aliphatic carbocycles. The van der Waals surface area contributed by atoms with Crippen molar-refractivity contribution in [1.29, 1.82) is 0 Å². The zero-order valence-corrected chi connectivity index (χ0v) is 44.3. The molecule has 1 amide bonds. The fraction of sp³-hybridized carbons (Fsp3) is 0.276. The van der Waals surface area contributed by atoms with Gasteiger partial charge in [-0.15, -0.1) is 10.2 Å². The maximum absolute atomic E-state index is 14.9. The van der Waals surface area contributed by atoms with E-state index in [2.05, 4.69) is 51.0 Å². The number of rotatable bonds is 14. The third-order valence-electron chi connectivity index (χ3n) is 15.1. The molecular weight excluding hydrogens is 1020 g/mol. The molecular formula is C58H57F2N15O5. The Balaban J connectivity index is 0.000000169. The largest absolute Gasteiger partial charge is 0.496 e. The highest BCUT2D eigenvalue weighted by Gasteiger charge is 2.38. The van der Waals surface area contributed by atoms with Crippen LogP contribution < -0.4 is 9.47 Å². The summed E-state index contributed by atoms with van der Waals surface area (Å²) in [6.07, 6.45) is 13.2. The number of nitrogens with zero attached hydrogens (tertiary/aromatic N) is 13. The highest BCUT2D eigenvalue weighted by Crippen LogP contribution is 2.36. The number of carboxylic acids is 1. The predicted molar refractivity (Wildman–Crippen MR) is 293 cm³/mol. The van der Waals surface area contributed by atoms with E-state index >= 15 is 0 Å². The lowest BCUT2D eigenvalue weighted by Gasteiger charge is -2.39. The maximum Gasteiger partial charge on any atom is 0.320 e. The summed E-state index contributed by atoms with van der Waals surface area (Å²) in [4.78, 5) is 38.7. The van der Waals surface area contributed by atoms with Gasteiger partial charge in [0.1, 0.15) is 40.6 Å². The minimum absolute atomic E-state index is 0.000765. The van der Waals surface area contributed by atoms with E-state index in [9.17, 15) is 23.5 Å². The SMILES string of the molecule is COc1cccc(F)c1CN1C[C@H](c2cn(-c3ccc4[nH]nc(-c5ccncc5)c4c3)nn2)CC[C@H]1C(=O)N(C)C.COc1cccc(F)c1CN1C[C@H](c2cn(-c3ccc4[nH]nc(-c5ccncc5)c4c3)nn2)CC[C@H]1C(=O)O. The maximum atomic E-state index is 14.9. The van der Waals surface area contributed by atoms with Gasteiger partial charge in [-0.2, -0.15) is 10.2 Å². The number of methoxy groups -OCH3 is 2. The molecule has 80 heavy (non-hydrogen) atoms. The molecule has 2 saturated heterocycles. The van der Waals surface area contributed by atoms with Gasteiger partial charge in [-0.3, -0.25) is 39.6 Å². The molecule has 2 aliphatic heterocycles. The quantitative estimate of drug-likeness (QED) is 0.0929. The third-order valence-corrected chi connectivity index (χ3v) is 15.1. The summed E-state index contributed by atoms with van der Waals surface area (Å²) in [6.45, 7) is 1.31. The normalized spacial score (nSPS) is 17.7. The number of pyridine rings is 2. The number of fused-ring (bicyclic) bond motifs is 2. The first kappa shape index (κ1) is 52.8. The Labute approximate surface area is 458 Å². The predicted octanol–water partition coefficient (Wildman–Crippen LogP) is 8.38. The molecule has 0 radical (unpaired) electrons.